The van der Waals surface area contributed by atoms with E-state index in [1.807, 2.05) is 46.7 Å². The summed E-state index contributed by atoms with van der Waals surface area (Å²) in [5, 5.41) is 62.4. The van der Waals surface area contributed by atoms with Crippen molar-refractivity contribution in [2.24, 2.45) is 23.7 Å². The lowest BCUT2D eigenvalue weighted by molar-refractivity contribution is -0.406. The van der Waals surface area contributed by atoms with Gasteiger partial charge in [-0.15, -0.1) is 6.61 Å². The molecule has 0 amide bonds. The van der Waals surface area contributed by atoms with Crippen molar-refractivity contribution in [1.82, 2.24) is 10.2 Å². The number of esters is 1. The van der Waals surface area contributed by atoms with Crippen LogP contribution in [0.15, 0.2) is 0 Å². The summed E-state index contributed by atoms with van der Waals surface area (Å²) in [6.07, 6.45) is -7.06. The number of ether oxygens (including phenoxy) is 6. The number of aliphatic hydroxyl groups is 4. The number of cyclic esters (lactones) is 1. The maximum Gasteiger partial charge on any atom is 0.311 e. The van der Waals surface area contributed by atoms with Gasteiger partial charge in [0, 0.05) is 31.5 Å². The summed E-state index contributed by atoms with van der Waals surface area (Å²) < 4.78 is 37.8. The Morgan fingerprint density at radius 1 is 1.00 bits per heavy atom. The average molecular weight is 748 g/mol. The van der Waals surface area contributed by atoms with Crippen molar-refractivity contribution in [1.29, 1.82) is 0 Å². The molecule has 3 fully saturated rings. The summed E-state index contributed by atoms with van der Waals surface area (Å²) in [7, 11) is 5.31. The number of aliphatic hydroxyl groups excluding tert-OH is 2. The molecule has 306 valence electrons. The van der Waals surface area contributed by atoms with Crippen LogP contribution in [-0.2, 0) is 33.2 Å². The Balaban J connectivity index is 2.15. The Bertz CT molecular complexity index is 1130. The van der Waals surface area contributed by atoms with E-state index in [0.717, 1.165) is 0 Å². The van der Waals surface area contributed by atoms with Crippen LogP contribution in [0.4, 0.5) is 0 Å². The number of rotatable bonds is 8. The third-order valence-corrected chi connectivity index (χ3v) is 12.2. The average Bonchev–Trinajstić information content (AvgIpc) is 3.06. The van der Waals surface area contributed by atoms with E-state index < -0.39 is 102 Å². The van der Waals surface area contributed by atoms with Crippen LogP contribution in [-0.4, -0.2) is 150 Å². The molecule has 3 aliphatic rings. The van der Waals surface area contributed by atoms with Gasteiger partial charge in [-0.3, -0.25) is 4.79 Å². The molecule has 0 radical (unpaired) electrons. The monoisotopic (exact) mass is 748 g/mol. The Labute approximate surface area is 311 Å². The molecule has 0 aromatic heterocycles. The topological polar surface area (TPSA) is 192 Å². The maximum atomic E-state index is 14.2. The molecule has 52 heavy (non-hydrogen) atoms. The minimum absolute atomic E-state index is 0.158. The van der Waals surface area contributed by atoms with Gasteiger partial charge >= 0.3 is 5.97 Å². The summed E-state index contributed by atoms with van der Waals surface area (Å²) in [6.45, 7) is 17.6. The van der Waals surface area contributed by atoms with Crippen molar-refractivity contribution < 1.29 is 58.7 Å². The molecule has 0 saturated carbocycles. The van der Waals surface area contributed by atoms with Gasteiger partial charge in [0.15, 0.2) is 12.6 Å². The third kappa shape index (κ3) is 10.2. The molecule has 0 aromatic rings. The van der Waals surface area contributed by atoms with Crippen molar-refractivity contribution in [2.45, 2.75) is 179 Å². The highest BCUT2D eigenvalue weighted by molar-refractivity contribution is 5.73. The van der Waals surface area contributed by atoms with E-state index in [9.17, 15) is 30.3 Å². The highest BCUT2D eigenvalue weighted by atomic mass is 16.7. The molecule has 3 heterocycles. The lowest BCUT2D eigenvalue weighted by Gasteiger charge is -2.50. The second kappa shape index (κ2) is 18.3. The number of nitrogens with one attached hydrogen (secondary N) is 1. The van der Waals surface area contributed by atoms with Gasteiger partial charge in [-0.05, 0) is 100 Å². The number of methoxy groups -OCH3 is 1. The van der Waals surface area contributed by atoms with Gasteiger partial charge in [-0.25, -0.2) is 0 Å². The lowest BCUT2D eigenvalue weighted by atomic mass is 9.77. The molecule has 3 unspecified atom stereocenters. The van der Waals surface area contributed by atoms with Gasteiger partial charge < -0.3 is 64.2 Å². The second-order valence-electron chi connectivity index (χ2n) is 17.0. The molecule has 0 aromatic carbocycles. The van der Waals surface area contributed by atoms with Crippen molar-refractivity contribution >= 4 is 5.97 Å². The minimum Gasteiger partial charge on any atom is -0.854 e. The fourth-order valence-corrected chi connectivity index (χ4v) is 8.76. The zero-order valence-corrected chi connectivity index (χ0v) is 33.9. The first-order chi connectivity index (χ1) is 24.0. The molecule has 18 atom stereocenters. The smallest absolute Gasteiger partial charge is 0.311 e. The fourth-order valence-electron chi connectivity index (χ4n) is 8.76. The molecule has 3 saturated heterocycles. The van der Waals surface area contributed by atoms with Crippen LogP contribution in [0, 0.1) is 23.7 Å². The third-order valence-electron chi connectivity index (χ3n) is 12.2. The van der Waals surface area contributed by atoms with Gasteiger partial charge in [-0.1, -0.05) is 20.8 Å². The number of carbonyl (C=O) groups is 1. The largest absolute Gasteiger partial charge is 0.854 e. The van der Waals surface area contributed by atoms with Crippen LogP contribution in [0.5, 0.6) is 0 Å². The van der Waals surface area contributed by atoms with E-state index in [1.165, 1.54) is 6.92 Å². The molecule has 14 heteroatoms. The molecular weight excluding hydrogens is 676 g/mol. The lowest BCUT2D eigenvalue weighted by Crippen LogP contribution is -2.60. The highest BCUT2D eigenvalue weighted by Crippen LogP contribution is 2.41. The number of hydrogen-bond donors (Lipinski definition) is 5. The van der Waals surface area contributed by atoms with E-state index >= 15 is 0 Å². The predicted molar refractivity (Wildman–Crippen MR) is 192 cm³/mol. The maximum absolute atomic E-state index is 14.2. The van der Waals surface area contributed by atoms with E-state index in [2.05, 4.69) is 5.32 Å². The molecule has 0 aliphatic carbocycles. The summed E-state index contributed by atoms with van der Waals surface area (Å²) in [6, 6.07) is -0.863. The normalized spacial score (nSPS) is 49.2. The van der Waals surface area contributed by atoms with Crippen LogP contribution in [0.1, 0.15) is 94.9 Å². The Hall–Kier alpha value is -1.01. The number of carbonyl (C=O) groups excluding carboxylic acids is 1. The predicted octanol–water partition coefficient (Wildman–Crippen LogP) is 1.17. The van der Waals surface area contributed by atoms with Gasteiger partial charge in [-0.2, -0.15) is 0 Å². The minimum atomic E-state index is -1.80. The van der Waals surface area contributed by atoms with Crippen molar-refractivity contribution in [3.63, 3.8) is 0 Å². The Morgan fingerprint density at radius 2 is 1.63 bits per heavy atom. The summed E-state index contributed by atoms with van der Waals surface area (Å²) >= 11 is 0. The molecular formula is C38H71N2O12-. The van der Waals surface area contributed by atoms with E-state index in [0.29, 0.717) is 13.0 Å². The van der Waals surface area contributed by atoms with E-state index in [1.54, 1.807) is 41.7 Å². The van der Waals surface area contributed by atoms with Crippen LogP contribution < -0.4 is 10.4 Å². The molecule has 3 rings (SSSR count). The van der Waals surface area contributed by atoms with Gasteiger partial charge in [0.2, 0.25) is 0 Å². The van der Waals surface area contributed by atoms with Crippen LogP contribution in [0.25, 0.3) is 0 Å². The first-order valence-corrected chi connectivity index (χ1v) is 19.2. The van der Waals surface area contributed by atoms with E-state index in [-0.39, 0.29) is 37.3 Å². The SMILES string of the molecule is CC[C@H]1OC(=O)[C@H](C)[C@@H](O[C@H]2C[C@@](C)(OC)C(C[O-])[C@H](C)O2)[C@H](C)[C@@H](OC2O[C@H](C)CC(N(C)C)[C@H]2O)[C@](C)(O)C[C@@H](C)CN[C@H](C)[C@@H](O)[C@]1(C)O. The number of nitrogens with zero attached hydrogens (tertiary/aromatic N) is 1. The summed E-state index contributed by atoms with van der Waals surface area (Å²) in [5.41, 5.74) is -4.24. The standard InChI is InChI=1S/C38H71N2O12/c1-14-28-38(10,46)32(43)24(6)39-18-20(2)16-36(8,45)33(52-35-30(42)27(40(11)12)15-21(3)48-35)22(4)31(23(5)34(44)50-28)51-29-17-37(9,47-13)26(19-41)25(7)49-29/h20-33,35,39,42-43,45-46H,14-19H2,1-13H3/q-1/t20-,21-,22+,23-,24-,25+,26?,27?,28-,29+,30-,31+,32-,33-,35?,36-,37-,38-/m1/s1. The van der Waals surface area contributed by atoms with Crippen LogP contribution in [0.3, 0.4) is 0 Å². The van der Waals surface area contributed by atoms with Crippen LogP contribution in [0.2, 0.25) is 0 Å². The molecule has 14 nitrogen and oxygen atoms in total. The zero-order chi connectivity index (χ0) is 39.5. The van der Waals surface area contributed by atoms with Gasteiger partial charge in [0.1, 0.15) is 23.9 Å². The summed E-state index contributed by atoms with van der Waals surface area (Å²) in [5.74, 6) is -3.05. The quantitative estimate of drug-likeness (QED) is 0.223. The fraction of sp³-hybridized carbons (Fsp3) is 0.974. The number of hydrogen-bond acceptors (Lipinski definition) is 14. The van der Waals surface area contributed by atoms with Gasteiger partial charge in [0.25, 0.3) is 0 Å². The molecule has 3 aliphatic heterocycles. The molecule has 0 spiro atoms. The number of likely N-dealkylation sites (N-methyl/N-ethyl adjacent to an activating group) is 1. The van der Waals surface area contributed by atoms with Gasteiger partial charge in [0.05, 0.1) is 41.5 Å². The molecule has 0 bridgehead atoms. The summed E-state index contributed by atoms with van der Waals surface area (Å²) in [4.78, 5) is 16.1. The highest BCUT2D eigenvalue weighted by Gasteiger charge is 2.52. The first-order valence-electron chi connectivity index (χ1n) is 19.2. The molecule has 5 N–H and O–H groups in total. The van der Waals surface area contributed by atoms with Crippen molar-refractivity contribution in [3.05, 3.63) is 0 Å². The Kier molecular flexibility index (Phi) is 16.0. The zero-order valence-electron chi connectivity index (χ0n) is 33.9. The Morgan fingerprint density at radius 3 is 2.19 bits per heavy atom. The van der Waals surface area contributed by atoms with Crippen LogP contribution >= 0.6 is 0 Å². The van der Waals surface area contributed by atoms with Crippen molar-refractivity contribution in [2.75, 3.05) is 34.4 Å². The first kappa shape index (κ1) is 45.4. The second-order valence-corrected chi connectivity index (χ2v) is 17.0. The van der Waals surface area contributed by atoms with Crippen molar-refractivity contribution in [3.8, 4) is 0 Å². The van der Waals surface area contributed by atoms with E-state index in [4.69, 9.17) is 28.4 Å².